The van der Waals surface area contributed by atoms with E-state index in [0.717, 1.165) is 5.56 Å². The quantitative estimate of drug-likeness (QED) is 0.791. The van der Waals surface area contributed by atoms with E-state index in [1.54, 1.807) is 32.0 Å². The number of carbonyl (C=O) groups excluding carboxylic acids is 2. The lowest BCUT2D eigenvalue weighted by molar-refractivity contribution is -0.138. The third-order valence-corrected chi connectivity index (χ3v) is 4.14. The highest BCUT2D eigenvalue weighted by Gasteiger charge is 2.37. The molecule has 0 radical (unpaired) electrons. The first kappa shape index (κ1) is 18.5. The fourth-order valence-electron chi connectivity index (χ4n) is 2.33. The highest BCUT2D eigenvalue weighted by molar-refractivity contribution is 6.10. The average Bonchev–Trinajstić information content (AvgIpc) is 2.62. The highest BCUT2D eigenvalue weighted by atomic mass is 16.5. The van der Waals surface area contributed by atoms with Crippen LogP contribution in [0, 0.1) is 5.41 Å². The van der Waals surface area contributed by atoms with Gasteiger partial charge in [0.15, 0.2) is 0 Å². The maximum atomic E-state index is 12.6. The number of carbonyl (C=O) groups is 2. The van der Waals surface area contributed by atoms with E-state index >= 15 is 0 Å². The van der Waals surface area contributed by atoms with Crippen molar-refractivity contribution in [3.63, 3.8) is 0 Å². The van der Waals surface area contributed by atoms with Crippen LogP contribution in [0.25, 0.3) is 0 Å². The number of ether oxygens (including phenoxy) is 1. The van der Waals surface area contributed by atoms with E-state index in [-0.39, 0.29) is 11.9 Å². The minimum Gasteiger partial charge on any atom is -0.495 e. The van der Waals surface area contributed by atoms with Crippen molar-refractivity contribution in [3.8, 4) is 5.75 Å². The van der Waals surface area contributed by atoms with Crippen LogP contribution in [0.1, 0.15) is 32.4 Å². The highest BCUT2D eigenvalue weighted by Crippen LogP contribution is 2.27. The zero-order valence-electron chi connectivity index (χ0n) is 15.0. The van der Waals surface area contributed by atoms with Gasteiger partial charge >= 0.3 is 0 Å². The molecule has 5 heteroatoms. The summed E-state index contributed by atoms with van der Waals surface area (Å²) in [6.45, 7) is 5.09. The van der Waals surface area contributed by atoms with Gasteiger partial charge in [0.1, 0.15) is 11.2 Å². The summed E-state index contributed by atoms with van der Waals surface area (Å²) in [6, 6.07) is 16.5. The second kappa shape index (κ2) is 7.83. The monoisotopic (exact) mass is 340 g/mol. The molecule has 0 aliphatic heterocycles. The Hall–Kier alpha value is -2.82. The first-order valence-electron chi connectivity index (χ1n) is 8.16. The molecule has 2 aromatic rings. The van der Waals surface area contributed by atoms with E-state index in [1.165, 1.54) is 7.11 Å². The molecule has 5 nitrogen and oxygen atoms in total. The Labute approximate surface area is 148 Å². The van der Waals surface area contributed by atoms with E-state index in [9.17, 15) is 9.59 Å². The number of rotatable bonds is 6. The molecule has 2 amide bonds. The Kier molecular flexibility index (Phi) is 5.80. The van der Waals surface area contributed by atoms with Gasteiger partial charge in [-0.1, -0.05) is 42.5 Å². The number of amides is 2. The van der Waals surface area contributed by atoms with Crippen LogP contribution < -0.4 is 15.4 Å². The lowest BCUT2D eigenvalue weighted by atomic mass is 9.90. The lowest BCUT2D eigenvalue weighted by Crippen LogP contribution is -2.45. The molecule has 0 spiro atoms. The molecule has 2 aromatic carbocycles. The van der Waals surface area contributed by atoms with E-state index < -0.39 is 11.3 Å². The van der Waals surface area contributed by atoms with Gasteiger partial charge in [-0.2, -0.15) is 0 Å². The van der Waals surface area contributed by atoms with Gasteiger partial charge in [-0.15, -0.1) is 0 Å². The first-order chi connectivity index (χ1) is 11.9. The van der Waals surface area contributed by atoms with Crippen molar-refractivity contribution in [1.29, 1.82) is 0 Å². The van der Waals surface area contributed by atoms with Crippen LogP contribution in [0.4, 0.5) is 5.69 Å². The topological polar surface area (TPSA) is 67.4 Å². The smallest absolute Gasteiger partial charge is 0.239 e. The molecule has 2 rings (SSSR count). The molecule has 0 aliphatic carbocycles. The minimum atomic E-state index is -1.23. The summed E-state index contributed by atoms with van der Waals surface area (Å²) in [4.78, 5) is 25.3. The van der Waals surface area contributed by atoms with Crippen molar-refractivity contribution in [2.24, 2.45) is 5.41 Å². The van der Waals surface area contributed by atoms with Crippen molar-refractivity contribution >= 4 is 17.5 Å². The van der Waals surface area contributed by atoms with Gasteiger partial charge in [-0.05, 0) is 38.5 Å². The Morgan fingerprint density at radius 1 is 0.960 bits per heavy atom. The van der Waals surface area contributed by atoms with Gasteiger partial charge in [0.2, 0.25) is 11.8 Å². The van der Waals surface area contributed by atoms with E-state index in [2.05, 4.69) is 10.6 Å². The third-order valence-electron chi connectivity index (χ3n) is 4.14. The third kappa shape index (κ3) is 4.38. The van der Waals surface area contributed by atoms with Crippen LogP contribution in [0.3, 0.4) is 0 Å². The van der Waals surface area contributed by atoms with Crippen LogP contribution in [0.2, 0.25) is 0 Å². The van der Waals surface area contributed by atoms with Crippen molar-refractivity contribution in [2.45, 2.75) is 26.8 Å². The standard InChI is InChI=1S/C20H24N2O3/c1-14(15-10-6-5-7-11-15)21-18(23)20(2,3)19(24)22-16-12-8-9-13-17(16)25-4/h5-14H,1-4H3,(H,21,23)(H,22,24). The van der Waals surface area contributed by atoms with Crippen molar-refractivity contribution in [2.75, 3.05) is 12.4 Å². The van der Waals surface area contributed by atoms with Crippen LogP contribution in [-0.2, 0) is 9.59 Å². The molecule has 1 unspecified atom stereocenters. The van der Waals surface area contributed by atoms with Gasteiger partial charge in [-0.3, -0.25) is 9.59 Å². The lowest BCUT2D eigenvalue weighted by Gasteiger charge is -2.25. The number of para-hydroxylation sites is 2. The number of hydrogen-bond donors (Lipinski definition) is 2. The van der Waals surface area contributed by atoms with Crippen LogP contribution in [-0.4, -0.2) is 18.9 Å². The van der Waals surface area contributed by atoms with Gasteiger partial charge < -0.3 is 15.4 Å². The second-order valence-electron chi connectivity index (χ2n) is 6.39. The Morgan fingerprint density at radius 3 is 2.20 bits per heavy atom. The van der Waals surface area contributed by atoms with Gasteiger partial charge in [-0.25, -0.2) is 0 Å². The summed E-state index contributed by atoms with van der Waals surface area (Å²) in [5.74, 6) is -0.185. The molecule has 0 bridgehead atoms. The molecule has 0 saturated heterocycles. The van der Waals surface area contributed by atoms with Gasteiger partial charge in [0, 0.05) is 0 Å². The fourth-order valence-corrected chi connectivity index (χ4v) is 2.33. The summed E-state index contributed by atoms with van der Waals surface area (Å²) in [5.41, 5.74) is 0.285. The molecular formula is C20H24N2O3. The first-order valence-corrected chi connectivity index (χ1v) is 8.16. The Balaban J connectivity index is 2.08. The van der Waals surface area contributed by atoms with Crippen LogP contribution in [0.5, 0.6) is 5.75 Å². The van der Waals surface area contributed by atoms with Crippen LogP contribution in [0.15, 0.2) is 54.6 Å². The van der Waals surface area contributed by atoms with Gasteiger partial charge in [0.25, 0.3) is 0 Å². The summed E-state index contributed by atoms with van der Waals surface area (Å²) in [5, 5.41) is 5.67. The predicted octanol–water partition coefficient (Wildman–Crippen LogP) is 3.54. The van der Waals surface area contributed by atoms with Crippen molar-refractivity contribution in [1.82, 2.24) is 5.32 Å². The number of hydrogen-bond acceptors (Lipinski definition) is 3. The van der Waals surface area contributed by atoms with E-state index in [1.807, 2.05) is 43.3 Å². The largest absolute Gasteiger partial charge is 0.495 e. The number of methoxy groups -OCH3 is 1. The molecular weight excluding hydrogens is 316 g/mol. The van der Waals surface area contributed by atoms with Crippen molar-refractivity contribution < 1.29 is 14.3 Å². The molecule has 132 valence electrons. The molecule has 25 heavy (non-hydrogen) atoms. The SMILES string of the molecule is COc1ccccc1NC(=O)C(C)(C)C(=O)NC(C)c1ccccc1. The zero-order valence-corrected chi connectivity index (χ0v) is 15.0. The normalized spacial score (nSPS) is 12.2. The van der Waals surface area contributed by atoms with E-state index in [4.69, 9.17) is 4.74 Å². The maximum Gasteiger partial charge on any atom is 0.239 e. The minimum absolute atomic E-state index is 0.188. The summed E-state index contributed by atoms with van der Waals surface area (Å²) in [7, 11) is 1.53. The molecule has 0 heterocycles. The molecule has 0 aliphatic rings. The zero-order chi connectivity index (χ0) is 18.4. The van der Waals surface area contributed by atoms with Gasteiger partial charge in [0.05, 0.1) is 18.8 Å². The summed E-state index contributed by atoms with van der Waals surface area (Å²) < 4.78 is 5.23. The Morgan fingerprint density at radius 2 is 1.56 bits per heavy atom. The Bertz CT molecular complexity index is 742. The van der Waals surface area contributed by atoms with Crippen LogP contribution >= 0.6 is 0 Å². The van der Waals surface area contributed by atoms with E-state index in [0.29, 0.717) is 11.4 Å². The number of benzene rings is 2. The molecule has 0 saturated carbocycles. The predicted molar refractivity (Wildman–Crippen MR) is 98.4 cm³/mol. The average molecular weight is 340 g/mol. The molecule has 1 atom stereocenters. The summed E-state index contributed by atoms with van der Waals surface area (Å²) >= 11 is 0. The molecule has 2 N–H and O–H groups in total. The molecule has 0 aromatic heterocycles. The maximum absolute atomic E-state index is 12.6. The van der Waals surface area contributed by atoms with Crippen molar-refractivity contribution in [3.05, 3.63) is 60.2 Å². The second-order valence-corrected chi connectivity index (χ2v) is 6.39. The number of anilines is 1. The fraction of sp³-hybridized carbons (Fsp3) is 0.300. The summed E-state index contributed by atoms with van der Waals surface area (Å²) in [6.07, 6.45) is 0. The molecule has 0 fully saturated rings. The number of nitrogens with one attached hydrogen (secondary N) is 2.